The molecule has 1 atom stereocenters. The lowest BCUT2D eigenvalue weighted by atomic mass is 9.95. The van der Waals surface area contributed by atoms with Gasteiger partial charge in [0.15, 0.2) is 11.5 Å². The Morgan fingerprint density at radius 2 is 1.53 bits per heavy atom. The zero-order valence-corrected chi connectivity index (χ0v) is 21.0. The van der Waals surface area contributed by atoms with Crippen molar-refractivity contribution < 1.29 is 24.2 Å². The lowest BCUT2D eigenvalue weighted by Gasteiger charge is -2.34. The number of hydrogen-bond donors (Lipinski definition) is 1. The smallest absolute Gasteiger partial charge is 0.300 e. The molecule has 3 aliphatic heterocycles. The maximum Gasteiger partial charge on any atom is 0.300 e. The molecule has 0 saturated carbocycles. The fourth-order valence-corrected chi connectivity index (χ4v) is 5.19. The van der Waals surface area contributed by atoms with Crippen LogP contribution in [0.15, 0.2) is 72.6 Å². The summed E-state index contributed by atoms with van der Waals surface area (Å²) in [4.78, 5) is 37.0. The molecule has 3 aromatic rings. The molecule has 3 aliphatic rings. The molecule has 1 N–H and O–H groups in total. The van der Waals surface area contributed by atoms with Crippen LogP contribution >= 0.6 is 0 Å². The molecular formula is C29H28N4O5. The number of nitrogens with zero attached hydrogens (tertiary/aromatic N) is 4. The third-order valence-electron chi connectivity index (χ3n) is 7.28. The van der Waals surface area contributed by atoms with Crippen LogP contribution in [0.3, 0.4) is 0 Å². The Kier molecular flexibility index (Phi) is 6.21. The number of aromatic nitrogens is 1. The summed E-state index contributed by atoms with van der Waals surface area (Å²) in [5.41, 5.74) is 2.70. The normalized spacial score (nSPS) is 21.1. The van der Waals surface area contributed by atoms with Gasteiger partial charge in [-0.15, -0.1) is 0 Å². The van der Waals surface area contributed by atoms with Crippen LogP contribution in [-0.2, 0) is 9.59 Å². The number of carbonyl (C=O) groups excluding carboxylic acids is 2. The molecule has 9 heteroatoms. The highest BCUT2D eigenvalue weighted by Crippen LogP contribution is 2.43. The Morgan fingerprint density at radius 1 is 0.868 bits per heavy atom. The topological polar surface area (TPSA) is 95.4 Å². The minimum Gasteiger partial charge on any atom is -0.507 e. The summed E-state index contributed by atoms with van der Waals surface area (Å²) in [7, 11) is 2.11. The predicted octanol–water partition coefficient (Wildman–Crippen LogP) is 3.23. The molecule has 0 radical (unpaired) electrons. The average molecular weight is 513 g/mol. The lowest BCUT2D eigenvalue weighted by Crippen LogP contribution is -2.44. The molecule has 2 aromatic carbocycles. The number of amides is 1. The third-order valence-corrected chi connectivity index (χ3v) is 7.28. The van der Waals surface area contributed by atoms with Gasteiger partial charge in [-0.05, 0) is 67.2 Å². The molecule has 1 aromatic heterocycles. The van der Waals surface area contributed by atoms with Gasteiger partial charge in [0.25, 0.3) is 11.7 Å². The molecule has 0 spiro atoms. The van der Waals surface area contributed by atoms with E-state index in [4.69, 9.17) is 9.47 Å². The standard InChI is InChI=1S/C29H28N4O5/c1-31-12-14-32(15-13-31)21-3-5-22(6-4-21)33-26(19-8-10-30-11-9-19)25(28(35)29(33)36)27(34)20-2-7-23-24(18-20)38-17-16-37-23/h2-11,18,26,34H,12-17H2,1H3/b27-25-. The highest BCUT2D eigenvalue weighted by atomic mass is 16.6. The van der Waals surface area contributed by atoms with Gasteiger partial charge in [0.05, 0.1) is 11.6 Å². The number of ether oxygens (including phenoxy) is 2. The van der Waals surface area contributed by atoms with E-state index in [9.17, 15) is 14.7 Å². The molecule has 2 saturated heterocycles. The van der Waals surface area contributed by atoms with Crippen LogP contribution in [0.4, 0.5) is 11.4 Å². The Bertz CT molecular complexity index is 1400. The average Bonchev–Trinajstić information content (AvgIpc) is 3.23. The van der Waals surface area contributed by atoms with Gasteiger partial charge in [-0.25, -0.2) is 0 Å². The number of ketones is 1. The largest absolute Gasteiger partial charge is 0.507 e. The van der Waals surface area contributed by atoms with Crippen molar-refractivity contribution in [2.24, 2.45) is 0 Å². The Hall–Kier alpha value is -4.37. The van der Waals surface area contributed by atoms with Crippen molar-refractivity contribution in [2.45, 2.75) is 6.04 Å². The number of aliphatic hydroxyl groups excluding tert-OH is 1. The first-order valence-electron chi connectivity index (χ1n) is 12.7. The van der Waals surface area contributed by atoms with Crippen LogP contribution in [0.25, 0.3) is 5.76 Å². The van der Waals surface area contributed by atoms with E-state index in [-0.39, 0.29) is 11.3 Å². The van der Waals surface area contributed by atoms with Crippen molar-refractivity contribution in [1.82, 2.24) is 9.88 Å². The molecule has 194 valence electrons. The molecule has 1 unspecified atom stereocenters. The number of carbonyl (C=O) groups is 2. The molecule has 1 amide bonds. The van der Waals surface area contributed by atoms with Crippen molar-refractivity contribution in [3.8, 4) is 11.5 Å². The van der Waals surface area contributed by atoms with Gasteiger partial charge < -0.3 is 24.4 Å². The second kappa shape index (κ2) is 9.83. The van der Waals surface area contributed by atoms with Crippen LogP contribution < -0.4 is 19.3 Å². The van der Waals surface area contributed by atoms with Crippen molar-refractivity contribution in [3.63, 3.8) is 0 Å². The summed E-state index contributed by atoms with van der Waals surface area (Å²) >= 11 is 0. The van der Waals surface area contributed by atoms with E-state index in [1.807, 2.05) is 24.3 Å². The summed E-state index contributed by atoms with van der Waals surface area (Å²) in [6.07, 6.45) is 3.21. The zero-order valence-electron chi connectivity index (χ0n) is 21.0. The van der Waals surface area contributed by atoms with Gasteiger partial charge >= 0.3 is 0 Å². The second-order valence-corrected chi connectivity index (χ2v) is 9.61. The maximum atomic E-state index is 13.4. The molecular weight excluding hydrogens is 484 g/mol. The minimum atomic E-state index is -0.819. The number of piperazine rings is 1. The van der Waals surface area contributed by atoms with E-state index >= 15 is 0 Å². The first-order valence-corrected chi connectivity index (χ1v) is 12.7. The van der Waals surface area contributed by atoms with Crippen LogP contribution in [-0.4, -0.2) is 73.1 Å². The van der Waals surface area contributed by atoms with Crippen LogP contribution in [0, 0.1) is 0 Å². The molecule has 38 heavy (non-hydrogen) atoms. The maximum absolute atomic E-state index is 13.4. The monoisotopic (exact) mass is 512 g/mol. The van der Waals surface area contributed by atoms with Gasteiger partial charge in [0, 0.05) is 55.5 Å². The van der Waals surface area contributed by atoms with E-state index in [0.29, 0.717) is 41.5 Å². The number of Topliss-reactive ketones (excluding diaryl/α,β-unsaturated/α-hetero) is 1. The lowest BCUT2D eigenvalue weighted by molar-refractivity contribution is -0.132. The van der Waals surface area contributed by atoms with Gasteiger partial charge in [0.1, 0.15) is 19.0 Å². The predicted molar refractivity (Wildman–Crippen MR) is 143 cm³/mol. The number of hydrogen-bond acceptors (Lipinski definition) is 8. The molecule has 2 fully saturated rings. The number of anilines is 2. The fourth-order valence-electron chi connectivity index (χ4n) is 5.19. The molecule has 6 rings (SSSR count). The number of fused-ring (bicyclic) bond motifs is 1. The Morgan fingerprint density at radius 3 is 2.24 bits per heavy atom. The quantitative estimate of drug-likeness (QED) is 0.324. The highest BCUT2D eigenvalue weighted by molar-refractivity contribution is 6.51. The van der Waals surface area contributed by atoms with E-state index in [1.165, 1.54) is 4.90 Å². The number of rotatable bonds is 4. The van der Waals surface area contributed by atoms with Gasteiger partial charge in [-0.3, -0.25) is 19.5 Å². The summed E-state index contributed by atoms with van der Waals surface area (Å²) in [6, 6.07) is 15.3. The SMILES string of the molecule is CN1CCN(c2ccc(N3C(=O)C(=O)/C(=C(\O)c4ccc5c(c4)OCCO5)C3c3ccncc3)cc2)CC1. The fraction of sp³-hybridized carbons (Fsp3) is 0.276. The van der Waals surface area contributed by atoms with E-state index in [0.717, 1.165) is 31.9 Å². The molecule has 0 bridgehead atoms. The molecule has 4 heterocycles. The van der Waals surface area contributed by atoms with Crippen molar-refractivity contribution >= 4 is 28.8 Å². The summed E-state index contributed by atoms with van der Waals surface area (Å²) in [5, 5.41) is 11.4. The summed E-state index contributed by atoms with van der Waals surface area (Å²) < 4.78 is 11.2. The summed E-state index contributed by atoms with van der Waals surface area (Å²) in [5.74, 6) is -0.659. The number of aliphatic hydroxyl groups is 1. The van der Waals surface area contributed by atoms with E-state index < -0.39 is 17.7 Å². The van der Waals surface area contributed by atoms with Gasteiger partial charge in [0.2, 0.25) is 0 Å². The van der Waals surface area contributed by atoms with Crippen molar-refractivity contribution in [3.05, 3.63) is 83.7 Å². The minimum absolute atomic E-state index is 0.0148. The highest BCUT2D eigenvalue weighted by Gasteiger charge is 2.47. The third kappa shape index (κ3) is 4.24. The van der Waals surface area contributed by atoms with Crippen LogP contribution in [0.5, 0.6) is 11.5 Å². The molecule has 9 nitrogen and oxygen atoms in total. The van der Waals surface area contributed by atoms with Gasteiger partial charge in [-0.1, -0.05) is 0 Å². The van der Waals surface area contributed by atoms with E-state index in [2.05, 4.69) is 21.8 Å². The van der Waals surface area contributed by atoms with Crippen molar-refractivity contribution in [2.75, 3.05) is 56.2 Å². The first-order chi connectivity index (χ1) is 18.5. The number of pyridine rings is 1. The summed E-state index contributed by atoms with van der Waals surface area (Å²) in [6.45, 7) is 4.65. The molecule has 0 aliphatic carbocycles. The van der Waals surface area contributed by atoms with Crippen LogP contribution in [0.2, 0.25) is 0 Å². The van der Waals surface area contributed by atoms with E-state index in [1.54, 1.807) is 42.7 Å². The number of likely N-dealkylation sites (N-methyl/N-ethyl adjacent to an activating group) is 1. The zero-order chi connectivity index (χ0) is 26.2. The first kappa shape index (κ1) is 24.0. The van der Waals surface area contributed by atoms with Crippen LogP contribution in [0.1, 0.15) is 17.2 Å². The number of benzene rings is 2. The van der Waals surface area contributed by atoms with Gasteiger partial charge in [-0.2, -0.15) is 0 Å². The second-order valence-electron chi connectivity index (χ2n) is 9.61. The van der Waals surface area contributed by atoms with Crippen molar-refractivity contribution in [1.29, 1.82) is 0 Å². The Labute approximate surface area is 220 Å². The Balaban J connectivity index is 1.40.